The van der Waals surface area contributed by atoms with E-state index in [0.717, 1.165) is 0 Å². The van der Waals surface area contributed by atoms with Crippen molar-refractivity contribution < 1.29 is 14.3 Å². The Balaban J connectivity index is 2.45. The zero-order chi connectivity index (χ0) is 14.3. The second kappa shape index (κ2) is 8.01. The van der Waals surface area contributed by atoms with Crippen LogP contribution >= 0.6 is 12.8 Å². The van der Waals surface area contributed by atoms with Gasteiger partial charge in [0, 0.05) is 18.5 Å². The van der Waals surface area contributed by atoms with Gasteiger partial charge in [-0.1, -0.05) is 26.7 Å². The standard InChI is InChI=1S/C13H20N2O3S/c1-9(2)12(16)8-17-11-4-5-13(14-7-11)18-10(3)6-15-19/h4-5,7,9-10,15,19H,6,8H2,1-3H3/t10-/m1/s1. The van der Waals surface area contributed by atoms with Crippen molar-refractivity contribution >= 4 is 18.6 Å². The molecule has 6 heteroatoms. The summed E-state index contributed by atoms with van der Waals surface area (Å²) in [5.74, 6) is 1.11. The van der Waals surface area contributed by atoms with Crippen molar-refractivity contribution in [3.05, 3.63) is 18.3 Å². The van der Waals surface area contributed by atoms with E-state index in [2.05, 4.69) is 22.5 Å². The number of thiol groups is 1. The number of hydrogen-bond donors (Lipinski definition) is 2. The van der Waals surface area contributed by atoms with Gasteiger partial charge in [-0.3, -0.25) is 9.52 Å². The van der Waals surface area contributed by atoms with Crippen molar-refractivity contribution in [3.8, 4) is 11.6 Å². The largest absolute Gasteiger partial charge is 0.484 e. The van der Waals surface area contributed by atoms with Crippen molar-refractivity contribution in [1.29, 1.82) is 0 Å². The van der Waals surface area contributed by atoms with Crippen LogP contribution in [0.1, 0.15) is 20.8 Å². The Hall–Kier alpha value is -1.27. The second-order valence-corrected chi connectivity index (χ2v) is 4.85. The van der Waals surface area contributed by atoms with E-state index in [-0.39, 0.29) is 24.4 Å². The summed E-state index contributed by atoms with van der Waals surface area (Å²) in [6.07, 6.45) is 1.52. The number of carbonyl (C=O) groups excluding carboxylic acids is 1. The van der Waals surface area contributed by atoms with E-state index < -0.39 is 0 Å². The van der Waals surface area contributed by atoms with Crippen LogP contribution in [0, 0.1) is 5.92 Å². The van der Waals surface area contributed by atoms with Crippen molar-refractivity contribution in [3.63, 3.8) is 0 Å². The van der Waals surface area contributed by atoms with Crippen LogP contribution in [0.2, 0.25) is 0 Å². The van der Waals surface area contributed by atoms with E-state index in [0.29, 0.717) is 18.2 Å². The van der Waals surface area contributed by atoms with E-state index in [9.17, 15) is 4.79 Å². The van der Waals surface area contributed by atoms with Crippen LogP contribution in [0.3, 0.4) is 0 Å². The van der Waals surface area contributed by atoms with Crippen LogP contribution in [0.15, 0.2) is 18.3 Å². The molecule has 1 atom stereocenters. The van der Waals surface area contributed by atoms with Gasteiger partial charge >= 0.3 is 0 Å². The number of carbonyl (C=O) groups is 1. The minimum atomic E-state index is -0.0284. The lowest BCUT2D eigenvalue weighted by molar-refractivity contribution is -0.123. The van der Waals surface area contributed by atoms with Gasteiger partial charge in [0.2, 0.25) is 5.88 Å². The Kier molecular flexibility index (Phi) is 6.66. The number of rotatable bonds is 8. The van der Waals surface area contributed by atoms with Gasteiger partial charge in [-0.05, 0) is 13.0 Å². The Bertz CT molecular complexity index is 395. The monoisotopic (exact) mass is 284 g/mol. The van der Waals surface area contributed by atoms with E-state index in [1.807, 2.05) is 20.8 Å². The van der Waals surface area contributed by atoms with Gasteiger partial charge in [-0.15, -0.1) is 0 Å². The first kappa shape index (κ1) is 15.8. The van der Waals surface area contributed by atoms with Crippen LogP contribution in [-0.2, 0) is 4.79 Å². The van der Waals surface area contributed by atoms with Gasteiger partial charge in [0.1, 0.15) is 18.5 Å². The molecule has 0 aliphatic carbocycles. The molecule has 0 bridgehead atoms. The summed E-state index contributed by atoms with van der Waals surface area (Å²) < 4.78 is 13.6. The first-order valence-corrected chi connectivity index (χ1v) is 6.62. The third kappa shape index (κ3) is 5.94. The summed E-state index contributed by atoms with van der Waals surface area (Å²) in [6.45, 7) is 6.29. The molecule has 0 saturated carbocycles. The predicted octanol–water partition coefficient (Wildman–Crippen LogP) is 1.89. The molecule has 106 valence electrons. The Morgan fingerprint density at radius 1 is 1.42 bits per heavy atom. The third-order valence-electron chi connectivity index (χ3n) is 2.43. The molecule has 0 fully saturated rings. The smallest absolute Gasteiger partial charge is 0.213 e. The van der Waals surface area contributed by atoms with E-state index in [4.69, 9.17) is 9.47 Å². The average molecular weight is 284 g/mol. The van der Waals surface area contributed by atoms with Crippen LogP contribution in [0.5, 0.6) is 11.6 Å². The topological polar surface area (TPSA) is 60.5 Å². The molecular formula is C13H20N2O3S. The molecule has 0 saturated heterocycles. The van der Waals surface area contributed by atoms with Crippen LogP contribution < -0.4 is 14.2 Å². The fourth-order valence-electron chi connectivity index (χ4n) is 1.22. The van der Waals surface area contributed by atoms with E-state index in [1.165, 1.54) is 0 Å². The molecule has 1 rings (SSSR count). The first-order valence-electron chi connectivity index (χ1n) is 6.18. The van der Waals surface area contributed by atoms with Gasteiger partial charge < -0.3 is 9.47 Å². The summed E-state index contributed by atoms with van der Waals surface area (Å²) in [4.78, 5) is 15.5. The van der Waals surface area contributed by atoms with Gasteiger partial charge in [-0.2, -0.15) is 0 Å². The van der Waals surface area contributed by atoms with E-state index >= 15 is 0 Å². The highest BCUT2D eigenvalue weighted by molar-refractivity contribution is 7.78. The number of nitrogens with zero attached hydrogens (tertiary/aromatic N) is 1. The number of ether oxygens (including phenoxy) is 2. The minimum absolute atomic E-state index is 0.0230. The van der Waals surface area contributed by atoms with Crippen molar-refractivity contribution in [1.82, 2.24) is 9.71 Å². The maximum Gasteiger partial charge on any atom is 0.213 e. The summed E-state index contributed by atoms with van der Waals surface area (Å²) in [5, 5.41) is 0. The molecule has 0 unspecified atom stereocenters. The third-order valence-corrected chi connectivity index (χ3v) is 2.62. The first-order chi connectivity index (χ1) is 9.02. The van der Waals surface area contributed by atoms with Crippen LogP contribution in [-0.4, -0.2) is 30.0 Å². The number of aromatic nitrogens is 1. The molecule has 0 amide bonds. The molecule has 1 N–H and O–H groups in total. The lowest BCUT2D eigenvalue weighted by atomic mass is 10.1. The summed E-state index contributed by atoms with van der Waals surface area (Å²) in [6, 6.07) is 3.45. The zero-order valence-corrected chi connectivity index (χ0v) is 12.3. The average Bonchev–Trinajstić information content (AvgIpc) is 2.37. The van der Waals surface area contributed by atoms with Gasteiger partial charge in [0.05, 0.1) is 6.20 Å². The molecule has 0 spiro atoms. The van der Waals surface area contributed by atoms with Crippen molar-refractivity contribution in [2.24, 2.45) is 5.92 Å². The summed E-state index contributed by atoms with van der Waals surface area (Å²) in [5.41, 5.74) is 0. The molecule has 0 radical (unpaired) electrons. The summed E-state index contributed by atoms with van der Waals surface area (Å²) >= 11 is 3.90. The Labute approximate surface area is 119 Å². The molecule has 1 aromatic heterocycles. The number of hydrogen-bond acceptors (Lipinski definition) is 6. The maximum atomic E-state index is 11.4. The highest BCUT2D eigenvalue weighted by Gasteiger charge is 2.08. The van der Waals surface area contributed by atoms with Gasteiger partial charge in [0.25, 0.3) is 0 Å². The van der Waals surface area contributed by atoms with Crippen molar-refractivity contribution in [2.45, 2.75) is 26.9 Å². The lowest BCUT2D eigenvalue weighted by Gasteiger charge is -2.13. The van der Waals surface area contributed by atoms with Crippen LogP contribution in [0.4, 0.5) is 0 Å². The molecule has 19 heavy (non-hydrogen) atoms. The molecule has 1 aromatic rings. The van der Waals surface area contributed by atoms with Gasteiger partial charge in [0.15, 0.2) is 5.78 Å². The molecule has 0 aliphatic rings. The van der Waals surface area contributed by atoms with Crippen molar-refractivity contribution in [2.75, 3.05) is 13.2 Å². The maximum absolute atomic E-state index is 11.4. The highest BCUT2D eigenvalue weighted by atomic mass is 32.1. The number of Topliss-reactive ketones (excluding diaryl/α,β-unsaturated/α-hetero) is 1. The number of nitrogens with one attached hydrogen (secondary N) is 1. The van der Waals surface area contributed by atoms with Crippen LogP contribution in [0.25, 0.3) is 0 Å². The SMILES string of the molecule is CC(C)C(=O)COc1ccc(O[C@H](C)CNS)nc1. The molecule has 1 heterocycles. The minimum Gasteiger partial charge on any atom is -0.484 e. The fourth-order valence-corrected chi connectivity index (χ4v) is 1.48. The number of pyridine rings is 1. The molecular weight excluding hydrogens is 264 g/mol. The van der Waals surface area contributed by atoms with E-state index in [1.54, 1.807) is 18.3 Å². The normalized spacial score (nSPS) is 12.3. The quantitative estimate of drug-likeness (QED) is 0.714. The van der Waals surface area contributed by atoms with Gasteiger partial charge in [-0.25, -0.2) is 4.98 Å². The molecule has 5 nitrogen and oxygen atoms in total. The predicted molar refractivity (Wildman–Crippen MR) is 76.7 cm³/mol. The molecule has 0 aromatic carbocycles. The zero-order valence-electron chi connectivity index (χ0n) is 11.4. The Morgan fingerprint density at radius 2 is 2.16 bits per heavy atom. The summed E-state index contributed by atoms with van der Waals surface area (Å²) in [7, 11) is 0. The lowest BCUT2D eigenvalue weighted by Crippen LogP contribution is -2.23. The Morgan fingerprint density at radius 3 is 2.68 bits per heavy atom. The fraction of sp³-hybridized carbons (Fsp3) is 0.538. The molecule has 0 aliphatic heterocycles. The number of ketones is 1. The second-order valence-electron chi connectivity index (χ2n) is 4.53. The highest BCUT2D eigenvalue weighted by Crippen LogP contribution is 2.15.